The van der Waals surface area contributed by atoms with Gasteiger partial charge in [-0.05, 0) is 36.8 Å². The largest absolute Gasteiger partial charge is 0.329 e. The Balaban J connectivity index is 1.48. The lowest BCUT2D eigenvalue weighted by Crippen LogP contribution is -2.26. The van der Waals surface area contributed by atoms with Crippen LogP contribution < -0.4 is 16.6 Å². The minimum Gasteiger partial charge on any atom is -0.325 e. The van der Waals surface area contributed by atoms with E-state index in [0.29, 0.717) is 23.8 Å². The molecule has 0 atom stereocenters. The van der Waals surface area contributed by atoms with Gasteiger partial charge in [0.25, 0.3) is 5.56 Å². The van der Waals surface area contributed by atoms with Crippen LogP contribution in [0.3, 0.4) is 0 Å². The van der Waals surface area contributed by atoms with Crippen molar-refractivity contribution in [1.82, 2.24) is 13.7 Å². The summed E-state index contributed by atoms with van der Waals surface area (Å²) in [6.45, 7) is 3.04. The Morgan fingerprint density at radius 2 is 1.62 bits per heavy atom. The number of halogens is 1. The fourth-order valence-corrected chi connectivity index (χ4v) is 3.97. The van der Waals surface area contributed by atoms with E-state index < -0.39 is 0 Å². The molecule has 32 heavy (non-hydrogen) atoms. The zero-order chi connectivity index (χ0) is 22.7. The third kappa shape index (κ3) is 4.38. The second-order valence-electron chi connectivity index (χ2n) is 7.44. The van der Waals surface area contributed by atoms with Gasteiger partial charge in [-0.1, -0.05) is 41.9 Å². The van der Waals surface area contributed by atoms with Crippen molar-refractivity contribution in [3.05, 3.63) is 98.3 Å². The van der Waals surface area contributed by atoms with Crippen LogP contribution in [0, 0.1) is 0 Å². The maximum absolute atomic E-state index is 12.7. The molecule has 1 N–H and O–H groups in total. The number of fused-ring (bicyclic) bond motifs is 1. The Bertz CT molecular complexity index is 1400. The van der Waals surface area contributed by atoms with E-state index in [-0.39, 0.29) is 30.1 Å². The van der Waals surface area contributed by atoms with Gasteiger partial charge in [-0.3, -0.25) is 18.7 Å². The van der Waals surface area contributed by atoms with Gasteiger partial charge in [0, 0.05) is 36.8 Å². The van der Waals surface area contributed by atoms with Gasteiger partial charge >= 0.3 is 5.69 Å². The molecular weight excluding hydrogens is 428 g/mol. The monoisotopic (exact) mass is 450 g/mol. The summed E-state index contributed by atoms with van der Waals surface area (Å²) in [5, 5.41) is 3.39. The summed E-state index contributed by atoms with van der Waals surface area (Å²) < 4.78 is 4.81. The molecule has 0 aliphatic carbocycles. The first kappa shape index (κ1) is 21.6. The highest BCUT2D eigenvalue weighted by Gasteiger charge is 2.13. The number of nitrogens with zero attached hydrogens (tertiary/aromatic N) is 3. The van der Waals surface area contributed by atoms with E-state index >= 15 is 0 Å². The number of imidazole rings is 1. The van der Waals surface area contributed by atoms with Crippen LogP contribution in [0.4, 0.5) is 5.69 Å². The summed E-state index contributed by atoms with van der Waals surface area (Å²) in [5.74, 6) is -0.242. The molecule has 4 aromatic rings. The molecule has 0 unspecified atom stereocenters. The van der Waals surface area contributed by atoms with E-state index in [1.807, 2.05) is 49.4 Å². The lowest BCUT2D eigenvalue weighted by molar-refractivity contribution is -0.116. The number of para-hydroxylation sites is 2. The van der Waals surface area contributed by atoms with Crippen LogP contribution in [0.25, 0.3) is 11.0 Å². The molecule has 0 aliphatic rings. The van der Waals surface area contributed by atoms with Crippen molar-refractivity contribution in [2.75, 3.05) is 5.32 Å². The summed E-state index contributed by atoms with van der Waals surface area (Å²) in [6.07, 6.45) is 1.72. The molecule has 0 bridgehead atoms. The lowest BCUT2D eigenvalue weighted by atomic mass is 10.2. The van der Waals surface area contributed by atoms with E-state index in [0.717, 1.165) is 16.6 Å². The highest BCUT2D eigenvalue weighted by atomic mass is 35.5. The van der Waals surface area contributed by atoms with E-state index in [4.69, 9.17) is 11.6 Å². The molecule has 2 heterocycles. The van der Waals surface area contributed by atoms with Gasteiger partial charge < -0.3 is 9.88 Å². The molecule has 8 heteroatoms. The molecule has 0 spiro atoms. The zero-order valence-electron chi connectivity index (χ0n) is 17.6. The summed E-state index contributed by atoms with van der Waals surface area (Å²) in [5.41, 5.74) is 2.65. The van der Waals surface area contributed by atoms with Crippen molar-refractivity contribution >= 4 is 34.2 Å². The summed E-state index contributed by atoms with van der Waals surface area (Å²) >= 11 is 6.20. The third-order valence-corrected chi connectivity index (χ3v) is 5.74. The van der Waals surface area contributed by atoms with Crippen LogP contribution in [0.1, 0.15) is 18.9 Å². The molecule has 0 radical (unpaired) electrons. The van der Waals surface area contributed by atoms with E-state index in [1.54, 1.807) is 27.5 Å². The van der Waals surface area contributed by atoms with Crippen molar-refractivity contribution in [2.24, 2.45) is 0 Å². The van der Waals surface area contributed by atoms with Crippen LogP contribution in [-0.4, -0.2) is 19.6 Å². The fraction of sp³-hybridized carbons (Fsp3) is 0.208. The van der Waals surface area contributed by atoms with Gasteiger partial charge in [0.1, 0.15) is 0 Å². The minimum atomic E-state index is -0.242. The summed E-state index contributed by atoms with van der Waals surface area (Å²) in [7, 11) is 0. The first-order chi connectivity index (χ1) is 15.5. The highest BCUT2D eigenvalue weighted by molar-refractivity contribution is 6.31. The Labute approximate surface area is 189 Å². The topological polar surface area (TPSA) is 78.0 Å². The van der Waals surface area contributed by atoms with Crippen LogP contribution in [-0.2, 0) is 24.4 Å². The smallest absolute Gasteiger partial charge is 0.325 e. The molecule has 2 aromatic carbocycles. The second kappa shape index (κ2) is 9.28. The molecule has 4 rings (SSSR count). The zero-order valence-corrected chi connectivity index (χ0v) is 18.4. The number of carbonyl (C=O) groups is 1. The lowest BCUT2D eigenvalue weighted by Gasteiger charge is -2.11. The first-order valence-electron chi connectivity index (χ1n) is 10.4. The molecule has 1 amide bonds. The predicted octanol–water partition coefficient (Wildman–Crippen LogP) is 3.72. The number of nitrogens with one attached hydrogen (secondary N) is 1. The molecular formula is C24H23ClN4O3. The normalized spacial score (nSPS) is 11.1. The Morgan fingerprint density at radius 3 is 2.34 bits per heavy atom. The average Bonchev–Trinajstić information content (AvgIpc) is 3.06. The van der Waals surface area contributed by atoms with Crippen molar-refractivity contribution in [3.8, 4) is 0 Å². The number of benzene rings is 2. The number of carbonyl (C=O) groups excluding carboxylic acids is 1. The minimum absolute atomic E-state index is 0.126. The number of hydrogen-bond donors (Lipinski definition) is 1. The summed E-state index contributed by atoms with van der Waals surface area (Å²) in [6, 6.07) is 17.8. The number of aryl methyl sites for hydroxylation is 2. The van der Waals surface area contributed by atoms with E-state index in [9.17, 15) is 14.4 Å². The average molecular weight is 451 g/mol. The SMILES string of the molecule is CCn1c(=O)n(CCC(=O)Nc2ccc(=O)n(Cc3ccccc3Cl)c2)c2ccccc21. The van der Waals surface area contributed by atoms with Crippen LogP contribution >= 0.6 is 11.6 Å². The van der Waals surface area contributed by atoms with Crippen LogP contribution in [0.2, 0.25) is 5.02 Å². The molecule has 164 valence electrons. The first-order valence-corrected chi connectivity index (χ1v) is 10.8. The fourth-order valence-electron chi connectivity index (χ4n) is 3.77. The number of anilines is 1. The maximum Gasteiger partial charge on any atom is 0.329 e. The Morgan fingerprint density at radius 1 is 0.938 bits per heavy atom. The molecule has 7 nitrogen and oxygen atoms in total. The van der Waals surface area contributed by atoms with Crippen LogP contribution in [0.5, 0.6) is 0 Å². The molecule has 0 aliphatic heterocycles. The molecule has 0 saturated heterocycles. The number of pyridine rings is 1. The highest BCUT2D eigenvalue weighted by Crippen LogP contribution is 2.17. The summed E-state index contributed by atoms with van der Waals surface area (Å²) in [4.78, 5) is 37.5. The van der Waals surface area contributed by atoms with Gasteiger partial charge in [-0.2, -0.15) is 0 Å². The van der Waals surface area contributed by atoms with Gasteiger partial charge in [0.2, 0.25) is 5.91 Å². The molecule has 0 fully saturated rings. The van der Waals surface area contributed by atoms with Crippen molar-refractivity contribution < 1.29 is 4.79 Å². The predicted molar refractivity (Wildman–Crippen MR) is 126 cm³/mol. The van der Waals surface area contributed by atoms with Crippen molar-refractivity contribution in [3.63, 3.8) is 0 Å². The number of rotatable bonds is 7. The van der Waals surface area contributed by atoms with E-state index in [2.05, 4.69) is 5.32 Å². The van der Waals surface area contributed by atoms with Crippen molar-refractivity contribution in [1.29, 1.82) is 0 Å². The quantitative estimate of drug-likeness (QED) is 0.466. The van der Waals surface area contributed by atoms with Gasteiger partial charge in [-0.15, -0.1) is 0 Å². The second-order valence-corrected chi connectivity index (χ2v) is 7.85. The van der Waals surface area contributed by atoms with Crippen molar-refractivity contribution in [2.45, 2.75) is 33.0 Å². The van der Waals surface area contributed by atoms with Gasteiger partial charge in [-0.25, -0.2) is 4.79 Å². The van der Waals surface area contributed by atoms with E-state index in [1.165, 1.54) is 10.6 Å². The Kier molecular flexibility index (Phi) is 6.28. The van der Waals surface area contributed by atoms with Gasteiger partial charge in [0.15, 0.2) is 0 Å². The molecule has 2 aromatic heterocycles. The number of amides is 1. The number of aromatic nitrogens is 3. The van der Waals surface area contributed by atoms with Gasteiger partial charge in [0.05, 0.1) is 23.3 Å². The Hall–Kier alpha value is -3.58. The number of hydrogen-bond acceptors (Lipinski definition) is 3. The maximum atomic E-state index is 12.7. The van der Waals surface area contributed by atoms with Crippen LogP contribution in [0.15, 0.2) is 76.4 Å². The third-order valence-electron chi connectivity index (χ3n) is 5.37. The standard InChI is InChI=1S/C24H23ClN4O3/c1-2-28-20-9-5-6-10-21(20)29(24(28)32)14-13-22(30)26-18-11-12-23(31)27(16-18)15-17-7-3-4-8-19(17)25/h3-12,16H,2,13-15H2,1H3,(H,26,30). The molecule has 0 saturated carbocycles.